The largest absolute Gasteiger partial charge is 0.504 e. The zero-order valence-electron chi connectivity index (χ0n) is 9.11. The third-order valence-corrected chi connectivity index (χ3v) is 2.85. The molecule has 0 aliphatic rings. The Bertz CT molecular complexity index is 796. The minimum Gasteiger partial charge on any atom is -0.504 e. The zero-order valence-corrected chi connectivity index (χ0v) is 9.11. The van der Waals surface area contributed by atoms with Crippen LogP contribution in [0.4, 0.5) is 5.82 Å². The second-order valence-corrected chi connectivity index (χ2v) is 3.96. The first-order valence-corrected chi connectivity index (χ1v) is 5.17. The molecule has 0 saturated carbocycles. The fourth-order valence-corrected chi connectivity index (χ4v) is 1.99. The molecule has 18 heavy (non-hydrogen) atoms. The van der Waals surface area contributed by atoms with E-state index in [1.165, 1.54) is 12.1 Å². The molecule has 0 unspecified atom stereocenters. The molecule has 0 aliphatic carbocycles. The number of aromatic amines is 3. The number of anilines is 1. The van der Waals surface area contributed by atoms with Gasteiger partial charge in [0.1, 0.15) is 5.82 Å². The lowest BCUT2D eigenvalue weighted by atomic mass is 10.1. The molecule has 3 aromatic rings. The van der Waals surface area contributed by atoms with Crippen molar-refractivity contribution in [3.63, 3.8) is 0 Å². The number of H-pyrrole nitrogens is 3. The van der Waals surface area contributed by atoms with E-state index in [1.807, 2.05) is 0 Å². The van der Waals surface area contributed by atoms with Crippen molar-refractivity contribution in [1.29, 1.82) is 0 Å². The van der Waals surface area contributed by atoms with Gasteiger partial charge in [0.05, 0.1) is 5.56 Å². The SMILES string of the molecule is Nc1[nH][nH]c(=O)c1-c1c[nH]c2cc(O)c(O)cc12. The number of nitrogens with one attached hydrogen (secondary N) is 3. The van der Waals surface area contributed by atoms with Gasteiger partial charge in [0.2, 0.25) is 0 Å². The van der Waals surface area contributed by atoms with Gasteiger partial charge < -0.3 is 20.9 Å². The van der Waals surface area contributed by atoms with Crippen LogP contribution in [0.15, 0.2) is 23.1 Å². The first-order valence-electron chi connectivity index (χ1n) is 5.17. The summed E-state index contributed by atoms with van der Waals surface area (Å²) in [7, 11) is 0. The molecule has 0 aliphatic heterocycles. The summed E-state index contributed by atoms with van der Waals surface area (Å²) >= 11 is 0. The van der Waals surface area contributed by atoms with E-state index in [2.05, 4.69) is 15.2 Å². The highest BCUT2D eigenvalue weighted by Crippen LogP contribution is 2.35. The third kappa shape index (κ3) is 1.27. The van der Waals surface area contributed by atoms with Crippen LogP contribution in [-0.2, 0) is 0 Å². The van der Waals surface area contributed by atoms with Gasteiger partial charge in [0, 0.05) is 28.7 Å². The standard InChI is InChI=1S/C11H10N4O3/c12-10-9(11(18)15-14-10)5-3-13-6-2-8(17)7(16)1-4(5)6/h1-3,13,16-17H,(H4,12,14,15,18). The molecular formula is C11H10N4O3. The van der Waals surface area contributed by atoms with E-state index < -0.39 is 0 Å². The maximum Gasteiger partial charge on any atom is 0.274 e. The van der Waals surface area contributed by atoms with Gasteiger partial charge in [-0.25, -0.2) is 0 Å². The summed E-state index contributed by atoms with van der Waals surface area (Å²) in [6.45, 7) is 0. The molecule has 3 rings (SSSR count). The lowest BCUT2D eigenvalue weighted by Crippen LogP contribution is -2.01. The predicted molar refractivity (Wildman–Crippen MR) is 66.4 cm³/mol. The van der Waals surface area contributed by atoms with E-state index in [-0.39, 0.29) is 22.9 Å². The van der Waals surface area contributed by atoms with Crippen molar-refractivity contribution >= 4 is 16.7 Å². The Hall–Kier alpha value is -2.83. The number of rotatable bonds is 1. The van der Waals surface area contributed by atoms with Crippen LogP contribution in [0.3, 0.4) is 0 Å². The molecule has 0 spiro atoms. The van der Waals surface area contributed by atoms with Crippen LogP contribution in [0.1, 0.15) is 0 Å². The van der Waals surface area contributed by atoms with Crippen molar-refractivity contribution in [2.24, 2.45) is 0 Å². The van der Waals surface area contributed by atoms with Crippen LogP contribution in [-0.4, -0.2) is 25.4 Å². The average Bonchev–Trinajstić information content (AvgIpc) is 2.84. The highest BCUT2D eigenvalue weighted by atomic mass is 16.3. The maximum atomic E-state index is 11.6. The minimum atomic E-state index is -0.346. The fraction of sp³-hybridized carbons (Fsp3) is 0. The number of benzene rings is 1. The Morgan fingerprint density at radius 2 is 1.83 bits per heavy atom. The Labute approximate surface area is 99.9 Å². The summed E-state index contributed by atoms with van der Waals surface area (Å²) in [5.41, 5.74) is 6.78. The fourth-order valence-electron chi connectivity index (χ4n) is 1.99. The lowest BCUT2D eigenvalue weighted by Gasteiger charge is -1.99. The number of phenolic OH excluding ortho intramolecular Hbond substituents is 2. The molecule has 1 aromatic carbocycles. The number of nitrogen functional groups attached to an aromatic ring is 1. The summed E-state index contributed by atoms with van der Waals surface area (Å²) in [4.78, 5) is 14.5. The minimum absolute atomic E-state index is 0.216. The van der Waals surface area contributed by atoms with Gasteiger partial charge in [-0.1, -0.05) is 0 Å². The lowest BCUT2D eigenvalue weighted by molar-refractivity contribution is 0.405. The number of aromatic nitrogens is 3. The van der Waals surface area contributed by atoms with Crippen molar-refractivity contribution in [2.75, 3.05) is 5.73 Å². The molecule has 0 radical (unpaired) electrons. The summed E-state index contributed by atoms with van der Waals surface area (Å²) in [6, 6.07) is 2.76. The van der Waals surface area contributed by atoms with Crippen molar-refractivity contribution in [3.8, 4) is 22.6 Å². The van der Waals surface area contributed by atoms with Gasteiger partial charge in [0.15, 0.2) is 11.5 Å². The number of hydrogen-bond donors (Lipinski definition) is 6. The predicted octanol–water partition coefficient (Wildman–Crippen LogP) is 0.845. The van der Waals surface area contributed by atoms with Crippen molar-refractivity contribution < 1.29 is 10.2 Å². The van der Waals surface area contributed by atoms with Crippen LogP contribution >= 0.6 is 0 Å². The number of hydrogen-bond acceptors (Lipinski definition) is 4. The van der Waals surface area contributed by atoms with Crippen LogP contribution in [0.25, 0.3) is 22.0 Å². The first kappa shape index (κ1) is 10.3. The monoisotopic (exact) mass is 246 g/mol. The van der Waals surface area contributed by atoms with Crippen molar-refractivity contribution in [3.05, 3.63) is 28.7 Å². The van der Waals surface area contributed by atoms with Crippen LogP contribution in [0.2, 0.25) is 0 Å². The second kappa shape index (κ2) is 3.33. The quantitative estimate of drug-likeness (QED) is 0.355. The molecule has 7 heteroatoms. The van der Waals surface area contributed by atoms with E-state index >= 15 is 0 Å². The third-order valence-electron chi connectivity index (χ3n) is 2.85. The highest BCUT2D eigenvalue weighted by Gasteiger charge is 2.15. The zero-order chi connectivity index (χ0) is 12.9. The molecule has 92 valence electrons. The molecule has 0 amide bonds. The normalized spacial score (nSPS) is 11.1. The van der Waals surface area contributed by atoms with Crippen LogP contribution in [0, 0.1) is 0 Å². The Balaban J connectivity index is 2.38. The Kier molecular flexibility index (Phi) is 1.91. The highest BCUT2D eigenvalue weighted by molar-refractivity contribution is 5.99. The summed E-state index contributed by atoms with van der Waals surface area (Å²) < 4.78 is 0. The molecule has 2 heterocycles. The van der Waals surface area contributed by atoms with Crippen LogP contribution < -0.4 is 11.3 Å². The van der Waals surface area contributed by atoms with E-state index in [9.17, 15) is 15.0 Å². The summed E-state index contributed by atoms with van der Waals surface area (Å²) in [5.74, 6) is -0.269. The number of nitrogens with two attached hydrogens (primary N) is 1. The Morgan fingerprint density at radius 3 is 2.50 bits per heavy atom. The number of phenols is 2. The average molecular weight is 246 g/mol. The van der Waals surface area contributed by atoms with Gasteiger partial charge in [-0.05, 0) is 6.07 Å². The smallest absolute Gasteiger partial charge is 0.274 e. The van der Waals surface area contributed by atoms with Crippen LogP contribution in [0.5, 0.6) is 11.5 Å². The summed E-state index contributed by atoms with van der Waals surface area (Å²) in [6.07, 6.45) is 1.60. The van der Waals surface area contributed by atoms with Gasteiger partial charge in [-0.3, -0.25) is 15.0 Å². The molecule has 0 atom stereocenters. The maximum absolute atomic E-state index is 11.6. The topological polar surface area (TPSA) is 131 Å². The molecule has 0 saturated heterocycles. The second-order valence-electron chi connectivity index (χ2n) is 3.96. The van der Waals surface area contributed by atoms with E-state index in [1.54, 1.807) is 6.20 Å². The molecule has 2 aromatic heterocycles. The molecular weight excluding hydrogens is 236 g/mol. The first-order chi connectivity index (χ1) is 8.58. The van der Waals surface area contributed by atoms with E-state index in [0.717, 1.165) is 0 Å². The molecule has 7 N–H and O–H groups in total. The van der Waals surface area contributed by atoms with Gasteiger partial charge in [-0.2, -0.15) is 0 Å². The van der Waals surface area contributed by atoms with E-state index in [0.29, 0.717) is 22.0 Å². The number of fused-ring (bicyclic) bond motifs is 1. The van der Waals surface area contributed by atoms with Gasteiger partial charge in [0.25, 0.3) is 5.56 Å². The van der Waals surface area contributed by atoms with Crippen molar-refractivity contribution in [1.82, 2.24) is 15.2 Å². The summed E-state index contributed by atoms with van der Waals surface area (Å²) in [5, 5.41) is 24.4. The van der Waals surface area contributed by atoms with Gasteiger partial charge in [-0.15, -0.1) is 0 Å². The number of aromatic hydroxyl groups is 2. The Morgan fingerprint density at radius 1 is 1.11 bits per heavy atom. The van der Waals surface area contributed by atoms with E-state index in [4.69, 9.17) is 5.73 Å². The molecule has 0 fully saturated rings. The van der Waals surface area contributed by atoms with Gasteiger partial charge >= 0.3 is 0 Å². The van der Waals surface area contributed by atoms with Crippen molar-refractivity contribution in [2.45, 2.75) is 0 Å². The molecule has 0 bridgehead atoms. The molecule has 7 nitrogen and oxygen atoms in total.